The molecular formula is C41H42ClF3N8O5. The van der Waals surface area contributed by atoms with Gasteiger partial charge in [0.2, 0.25) is 5.88 Å². The number of anilines is 2. The molecule has 2 aliphatic heterocycles. The molecule has 2 aromatic carbocycles. The van der Waals surface area contributed by atoms with Crippen LogP contribution in [0.3, 0.4) is 0 Å². The Balaban J connectivity index is 1.11. The molecule has 0 saturated carbocycles. The van der Waals surface area contributed by atoms with E-state index in [0.717, 1.165) is 52.6 Å². The van der Waals surface area contributed by atoms with E-state index in [2.05, 4.69) is 26.6 Å². The van der Waals surface area contributed by atoms with Crippen molar-refractivity contribution in [3.8, 4) is 28.3 Å². The van der Waals surface area contributed by atoms with Gasteiger partial charge in [-0.1, -0.05) is 41.9 Å². The lowest BCUT2D eigenvalue weighted by Gasteiger charge is -2.28. The highest BCUT2D eigenvalue weighted by atomic mass is 35.5. The molecule has 1 spiro atoms. The number of fused-ring (bicyclic) bond motifs is 2. The maximum atomic E-state index is 14.0. The van der Waals surface area contributed by atoms with Crippen LogP contribution < -0.4 is 26.6 Å². The lowest BCUT2D eigenvalue weighted by molar-refractivity contribution is -0.141. The minimum atomic E-state index is -4.85. The van der Waals surface area contributed by atoms with Crippen molar-refractivity contribution in [2.24, 2.45) is 14.1 Å². The average Bonchev–Trinajstić information content (AvgIpc) is 3.90. The van der Waals surface area contributed by atoms with Crippen LogP contribution in [0, 0.1) is 6.92 Å². The first-order valence-electron chi connectivity index (χ1n) is 18.9. The summed E-state index contributed by atoms with van der Waals surface area (Å²) in [6.07, 6.45) is -2.33. The van der Waals surface area contributed by atoms with E-state index in [1.54, 1.807) is 33.3 Å². The monoisotopic (exact) mass is 818 g/mol. The number of nitrogens with one attached hydrogen (secondary N) is 2. The fraction of sp³-hybridized carbons (Fsp3) is 0.390. The number of amides is 2. The van der Waals surface area contributed by atoms with E-state index in [4.69, 9.17) is 26.1 Å². The highest BCUT2D eigenvalue weighted by Gasteiger charge is 2.49. The van der Waals surface area contributed by atoms with Gasteiger partial charge in [-0.2, -0.15) is 13.2 Å². The first kappa shape index (κ1) is 39.4. The number of methoxy groups -OCH3 is 2. The Kier molecular flexibility index (Phi) is 10.0. The van der Waals surface area contributed by atoms with Crippen molar-refractivity contribution in [3.05, 3.63) is 96.8 Å². The largest absolute Gasteiger partial charge is 0.481 e. The Hall–Kier alpha value is -5.45. The lowest BCUT2D eigenvalue weighted by Crippen LogP contribution is -2.46. The second-order valence-electron chi connectivity index (χ2n) is 15.2. The van der Waals surface area contributed by atoms with Gasteiger partial charge in [-0.3, -0.25) is 18.8 Å². The molecule has 13 nitrogen and oxygen atoms in total. The minimum absolute atomic E-state index is 0.0607. The summed E-state index contributed by atoms with van der Waals surface area (Å²) in [7, 11) is 5.80. The number of alkyl halides is 3. The van der Waals surface area contributed by atoms with E-state index >= 15 is 0 Å². The van der Waals surface area contributed by atoms with E-state index in [9.17, 15) is 27.6 Å². The number of benzene rings is 2. The number of pyridine rings is 2. The van der Waals surface area contributed by atoms with E-state index in [1.807, 2.05) is 29.2 Å². The molecule has 5 heterocycles. The van der Waals surface area contributed by atoms with E-state index in [-0.39, 0.29) is 34.3 Å². The van der Waals surface area contributed by atoms with Gasteiger partial charge in [-0.25, -0.2) is 19.6 Å². The molecule has 3 aliphatic rings. The van der Waals surface area contributed by atoms with Gasteiger partial charge in [0.15, 0.2) is 0 Å². The number of nitrogens with zero attached hydrogens (tertiary/aromatic N) is 6. The van der Waals surface area contributed by atoms with Gasteiger partial charge < -0.3 is 25.0 Å². The van der Waals surface area contributed by atoms with Crippen LogP contribution in [0.15, 0.2) is 58.1 Å². The lowest BCUT2D eigenvalue weighted by atomic mass is 9.96. The van der Waals surface area contributed by atoms with Crippen LogP contribution in [0.1, 0.15) is 41.3 Å². The van der Waals surface area contributed by atoms with Crippen LogP contribution in [0.2, 0.25) is 5.02 Å². The molecule has 1 aliphatic carbocycles. The molecular weight excluding hydrogens is 777 g/mol. The number of hydrogen-bond donors (Lipinski definition) is 2. The summed E-state index contributed by atoms with van der Waals surface area (Å²) in [5.74, 6) is 0.177. The minimum Gasteiger partial charge on any atom is -0.481 e. The molecule has 0 unspecified atom stereocenters. The molecule has 2 amide bonds. The van der Waals surface area contributed by atoms with E-state index in [1.165, 1.54) is 14.1 Å². The zero-order valence-electron chi connectivity index (χ0n) is 32.6. The quantitative estimate of drug-likeness (QED) is 0.178. The molecule has 2 atom stereocenters. The number of carbonyl (C=O) groups excluding carboxylic acids is 1. The molecule has 2 saturated heterocycles. The molecule has 2 N–H and O–H groups in total. The zero-order chi connectivity index (χ0) is 41.3. The second kappa shape index (κ2) is 14.7. The second-order valence-corrected chi connectivity index (χ2v) is 15.6. The molecule has 17 heteroatoms. The number of aromatic nitrogens is 4. The number of ether oxygens (including phenoxy) is 2. The van der Waals surface area contributed by atoms with Crippen LogP contribution in [0.5, 0.6) is 5.88 Å². The maximum Gasteiger partial charge on any atom is 0.433 e. The maximum absolute atomic E-state index is 14.0. The molecule has 5 aromatic rings. The summed E-state index contributed by atoms with van der Waals surface area (Å²) < 4.78 is 55.1. The molecule has 304 valence electrons. The number of aryl methyl sites for hydroxylation is 2. The fourth-order valence-corrected chi connectivity index (χ4v) is 9.09. The highest BCUT2D eigenvalue weighted by molar-refractivity contribution is 6.36. The standard InChI is InChI=1S/C41H42ClF3N8O5/c1-22-24(8-7-11-27(22)46-35-33-30(19-31(48-35)41(43,44)45)50(2)39(56)51(3)37(33)54)25-9-6-10-26(34(25)42)28-18-23-12-13-29(32(23)36(47-28)58-5)52-15-14-40(20-52)21-53(16-17-57-4)38(55)49-40/h6-11,18-19,29H,12-17,20-21H2,1-5H3,(H,46,48)(H,49,55)/t29-,40+/m0/s1. The van der Waals surface area contributed by atoms with Crippen molar-refractivity contribution in [1.29, 1.82) is 0 Å². The summed E-state index contributed by atoms with van der Waals surface area (Å²) in [6, 6.07) is 13.6. The Bertz CT molecular complexity index is 2610. The van der Waals surface area contributed by atoms with Gasteiger partial charge >= 0.3 is 17.9 Å². The summed E-state index contributed by atoms with van der Waals surface area (Å²) in [5, 5.41) is 6.47. The molecule has 3 aromatic heterocycles. The molecule has 0 bridgehead atoms. The Morgan fingerprint density at radius 1 is 1.00 bits per heavy atom. The first-order chi connectivity index (χ1) is 27.6. The van der Waals surface area contributed by atoms with Crippen molar-refractivity contribution >= 4 is 40.0 Å². The van der Waals surface area contributed by atoms with Crippen LogP contribution in [-0.4, -0.2) is 87.5 Å². The summed E-state index contributed by atoms with van der Waals surface area (Å²) >= 11 is 7.22. The Morgan fingerprint density at radius 3 is 2.48 bits per heavy atom. The number of rotatable bonds is 9. The number of likely N-dealkylation sites (tertiary alicyclic amines) is 1. The highest BCUT2D eigenvalue weighted by Crippen LogP contribution is 2.47. The smallest absolute Gasteiger partial charge is 0.433 e. The fourth-order valence-electron chi connectivity index (χ4n) is 8.76. The Labute approximate surface area is 336 Å². The third kappa shape index (κ3) is 6.66. The SMILES string of the molecule is COCCN1C[C@]2(CCN([C@H]3CCc4cc(-c5cccc(-c6cccc(Nc7nc(C(F)(F)F)cc8c7c(=O)n(C)c(=O)n8C)c6C)c5Cl)nc(OC)c43)C2)NC1=O. The van der Waals surface area contributed by atoms with E-state index in [0.29, 0.717) is 70.3 Å². The normalized spacial score (nSPS) is 19.4. The molecule has 0 radical (unpaired) electrons. The van der Waals surface area contributed by atoms with Gasteiger partial charge in [0, 0.05) is 75.8 Å². The van der Waals surface area contributed by atoms with E-state index < -0.39 is 23.1 Å². The number of halogens is 4. The average molecular weight is 819 g/mol. The number of urea groups is 1. The van der Waals surface area contributed by atoms with Gasteiger partial charge in [0.05, 0.1) is 35.5 Å². The third-order valence-corrected chi connectivity index (χ3v) is 12.2. The number of carbonyl (C=O) groups is 1. The van der Waals surface area contributed by atoms with Crippen molar-refractivity contribution in [1.82, 2.24) is 34.2 Å². The van der Waals surface area contributed by atoms with Crippen molar-refractivity contribution < 1.29 is 27.4 Å². The van der Waals surface area contributed by atoms with Crippen LogP contribution in [0.25, 0.3) is 33.3 Å². The zero-order valence-corrected chi connectivity index (χ0v) is 33.3. The Morgan fingerprint density at radius 2 is 1.74 bits per heavy atom. The third-order valence-electron chi connectivity index (χ3n) is 11.8. The summed E-state index contributed by atoms with van der Waals surface area (Å²) in [6.45, 7) is 4.99. The predicted octanol–water partition coefficient (Wildman–Crippen LogP) is 6.20. The van der Waals surface area contributed by atoms with Gasteiger partial charge in [0.25, 0.3) is 5.56 Å². The van der Waals surface area contributed by atoms with Gasteiger partial charge in [-0.15, -0.1) is 0 Å². The van der Waals surface area contributed by atoms with Gasteiger partial charge in [-0.05, 0) is 61.1 Å². The predicted molar refractivity (Wildman–Crippen MR) is 214 cm³/mol. The van der Waals surface area contributed by atoms with Crippen LogP contribution in [0.4, 0.5) is 29.5 Å². The van der Waals surface area contributed by atoms with Crippen molar-refractivity contribution in [2.45, 2.75) is 43.9 Å². The van der Waals surface area contributed by atoms with Crippen LogP contribution >= 0.6 is 11.6 Å². The number of hydrogen-bond acceptors (Lipinski definition) is 9. The van der Waals surface area contributed by atoms with Gasteiger partial charge in [0.1, 0.15) is 16.9 Å². The molecule has 58 heavy (non-hydrogen) atoms. The van der Waals surface area contributed by atoms with Crippen molar-refractivity contribution in [2.75, 3.05) is 52.3 Å². The molecule has 8 rings (SSSR count). The first-order valence-corrected chi connectivity index (χ1v) is 19.2. The topological polar surface area (TPSA) is 136 Å². The molecule has 2 fully saturated rings. The van der Waals surface area contributed by atoms with Crippen LogP contribution in [-0.2, 0) is 31.4 Å². The summed E-state index contributed by atoms with van der Waals surface area (Å²) in [5.41, 5.74) is 2.46. The van der Waals surface area contributed by atoms with Crippen molar-refractivity contribution in [3.63, 3.8) is 0 Å². The summed E-state index contributed by atoms with van der Waals surface area (Å²) in [4.78, 5) is 51.8.